The summed E-state index contributed by atoms with van der Waals surface area (Å²) in [4.78, 5) is 44.8. The van der Waals surface area contributed by atoms with E-state index in [9.17, 15) is 22.8 Å². The van der Waals surface area contributed by atoms with Gasteiger partial charge >= 0.3 is 0 Å². The van der Waals surface area contributed by atoms with Gasteiger partial charge in [-0.05, 0) is 42.5 Å². The van der Waals surface area contributed by atoms with Crippen LogP contribution in [0.25, 0.3) is 10.2 Å². The van der Waals surface area contributed by atoms with Crippen molar-refractivity contribution in [3.63, 3.8) is 0 Å². The molecule has 9 nitrogen and oxygen atoms in total. The first-order valence-corrected chi connectivity index (χ1v) is 14.0. The third-order valence-corrected chi connectivity index (χ3v) is 8.83. The van der Waals surface area contributed by atoms with E-state index in [4.69, 9.17) is 0 Å². The van der Waals surface area contributed by atoms with Crippen LogP contribution in [0, 0.1) is 0 Å². The van der Waals surface area contributed by atoms with Crippen molar-refractivity contribution < 1.29 is 22.8 Å². The Morgan fingerprint density at radius 1 is 0.949 bits per heavy atom. The van der Waals surface area contributed by atoms with E-state index in [1.807, 2.05) is 0 Å². The number of carbonyl (C=O) groups excluding carboxylic acids is 3. The number of hydrogen-bond donors (Lipinski definition) is 1. The second kappa shape index (κ2) is 10.4. The fourth-order valence-electron chi connectivity index (χ4n) is 4.26. The SMILES string of the molecule is C=CCN(CC=C)S(=O)(=O)c1ccc2nc(NC(=O)c3ccccc3N3C(=O)c4ccccc4C3=O)sc2c1. The van der Waals surface area contributed by atoms with E-state index >= 15 is 0 Å². The molecule has 4 aromatic rings. The first kappa shape index (κ1) is 26.2. The highest BCUT2D eigenvalue weighted by Crippen LogP contribution is 2.33. The minimum absolute atomic E-state index is 0.0798. The zero-order chi connectivity index (χ0) is 27.7. The zero-order valence-corrected chi connectivity index (χ0v) is 22.2. The standard InChI is InChI=1S/C28H22N4O5S2/c1-3-15-31(16-4-2)39(36,37)18-13-14-22-24(17-18)38-28(29-22)30-25(33)21-11-7-8-12-23(21)32-26(34)19-9-5-6-10-20(19)27(32)35/h3-14,17H,1-2,15-16H2,(H,29,30,33). The first-order valence-electron chi connectivity index (χ1n) is 11.8. The maximum Gasteiger partial charge on any atom is 0.266 e. The van der Waals surface area contributed by atoms with Crippen molar-refractivity contribution in [3.8, 4) is 0 Å². The topological polar surface area (TPSA) is 117 Å². The quantitative estimate of drug-likeness (QED) is 0.235. The van der Waals surface area contributed by atoms with Crippen LogP contribution in [0.2, 0.25) is 0 Å². The number of rotatable bonds is 9. The van der Waals surface area contributed by atoms with Gasteiger partial charge in [-0.15, -0.1) is 13.2 Å². The number of hydrogen-bond acceptors (Lipinski definition) is 7. The Hall–Kier alpha value is -4.45. The summed E-state index contributed by atoms with van der Waals surface area (Å²) < 4.78 is 28.0. The largest absolute Gasteiger partial charge is 0.298 e. The van der Waals surface area contributed by atoms with Crippen molar-refractivity contribution >= 4 is 60.1 Å². The number of anilines is 2. The number of nitrogens with one attached hydrogen (secondary N) is 1. The maximum absolute atomic E-state index is 13.3. The summed E-state index contributed by atoms with van der Waals surface area (Å²) in [7, 11) is -3.81. The minimum atomic E-state index is -3.81. The molecule has 3 amide bonds. The van der Waals surface area contributed by atoms with E-state index in [1.54, 1.807) is 42.5 Å². The van der Waals surface area contributed by atoms with Gasteiger partial charge in [0.1, 0.15) is 0 Å². The van der Waals surface area contributed by atoms with Gasteiger partial charge in [-0.1, -0.05) is 47.8 Å². The molecule has 1 aliphatic rings. The van der Waals surface area contributed by atoms with Crippen LogP contribution < -0.4 is 10.2 Å². The molecule has 5 rings (SSSR count). The van der Waals surface area contributed by atoms with Gasteiger partial charge in [0.25, 0.3) is 17.7 Å². The highest BCUT2D eigenvalue weighted by Gasteiger charge is 2.38. The van der Waals surface area contributed by atoms with Crippen LogP contribution in [0.4, 0.5) is 10.8 Å². The summed E-state index contributed by atoms with van der Waals surface area (Å²) in [6, 6.07) is 17.3. The van der Waals surface area contributed by atoms with Crippen molar-refractivity contribution in [2.24, 2.45) is 0 Å². The molecule has 3 aromatic carbocycles. The molecule has 39 heavy (non-hydrogen) atoms. The fourth-order valence-corrected chi connectivity index (χ4v) is 6.64. The third-order valence-electron chi connectivity index (χ3n) is 6.07. The average Bonchev–Trinajstić information content (AvgIpc) is 3.45. The van der Waals surface area contributed by atoms with Gasteiger partial charge < -0.3 is 0 Å². The number of aromatic nitrogens is 1. The molecule has 0 saturated heterocycles. The maximum atomic E-state index is 13.3. The Morgan fingerprint density at radius 2 is 1.56 bits per heavy atom. The number of para-hydroxylation sites is 1. The summed E-state index contributed by atoms with van der Waals surface area (Å²) in [5, 5.41) is 2.95. The molecule has 0 unspecified atom stereocenters. The van der Waals surface area contributed by atoms with E-state index in [1.165, 1.54) is 40.7 Å². The van der Waals surface area contributed by atoms with E-state index in [0.29, 0.717) is 10.2 Å². The highest BCUT2D eigenvalue weighted by molar-refractivity contribution is 7.89. The predicted molar refractivity (Wildman–Crippen MR) is 151 cm³/mol. The molecule has 1 aromatic heterocycles. The highest BCUT2D eigenvalue weighted by atomic mass is 32.2. The molecule has 1 N–H and O–H groups in total. The monoisotopic (exact) mass is 558 g/mol. The van der Waals surface area contributed by atoms with Crippen molar-refractivity contribution in [2.45, 2.75) is 4.90 Å². The van der Waals surface area contributed by atoms with Gasteiger partial charge in [-0.3, -0.25) is 19.7 Å². The van der Waals surface area contributed by atoms with Gasteiger partial charge in [0.15, 0.2) is 5.13 Å². The Morgan fingerprint density at radius 3 is 2.21 bits per heavy atom. The molecule has 0 spiro atoms. The molecule has 0 bridgehead atoms. The Bertz CT molecular complexity index is 1730. The van der Waals surface area contributed by atoms with Crippen molar-refractivity contribution in [1.29, 1.82) is 0 Å². The van der Waals surface area contributed by atoms with Gasteiger partial charge in [0.05, 0.1) is 37.5 Å². The van der Waals surface area contributed by atoms with E-state index < -0.39 is 27.7 Å². The molecule has 1 aliphatic heterocycles. The van der Waals surface area contributed by atoms with E-state index in [0.717, 1.165) is 16.2 Å². The average molecular weight is 559 g/mol. The summed E-state index contributed by atoms with van der Waals surface area (Å²) in [6.07, 6.45) is 3.00. The number of sulfonamides is 1. The molecule has 196 valence electrons. The fraction of sp³-hybridized carbons (Fsp3) is 0.0714. The molecular weight excluding hydrogens is 536 g/mol. The lowest BCUT2D eigenvalue weighted by atomic mass is 10.1. The predicted octanol–water partition coefficient (Wildman–Crippen LogP) is 4.71. The molecule has 0 fully saturated rings. The zero-order valence-electron chi connectivity index (χ0n) is 20.5. The molecular formula is C28H22N4O5S2. The number of thiazole rings is 1. The number of carbonyl (C=O) groups is 3. The minimum Gasteiger partial charge on any atom is -0.298 e. The van der Waals surface area contributed by atoms with Crippen LogP contribution in [0.1, 0.15) is 31.1 Å². The Balaban J connectivity index is 1.43. The Labute approximate surface area is 228 Å². The van der Waals surface area contributed by atoms with Crippen LogP contribution in [-0.2, 0) is 10.0 Å². The molecule has 2 heterocycles. The number of amides is 3. The second-order valence-electron chi connectivity index (χ2n) is 8.51. The van der Waals surface area contributed by atoms with E-state index in [-0.39, 0.29) is 45.5 Å². The number of nitrogens with zero attached hydrogens (tertiary/aromatic N) is 3. The van der Waals surface area contributed by atoms with Crippen LogP contribution in [-0.4, -0.2) is 48.5 Å². The van der Waals surface area contributed by atoms with Crippen molar-refractivity contribution in [1.82, 2.24) is 9.29 Å². The van der Waals surface area contributed by atoms with Gasteiger partial charge in [0.2, 0.25) is 10.0 Å². The summed E-state index contributed by atoms with van der Waals surface area (Å²) in [5.41, 5.74) is 1.31. The summed E-state index contributed by atoms with van der Waals surface area (Å²) in [6.45, 7) is 7.49. The lowest BCUT2D eigenvalue weighted by Crippen LogP contribution is -2.31. The first-order chi connectivity index (χ1) is 18.8. The van der Waals surface area contributed by atoms with Crippen molar-refractivity contribution in [2.75, 3.05) is 23.3 Å². The molecule has 0 aliphatic carbocycles. The molecule has 0 radical (unpaired) electrons. The second-order valence-corrected chi connectivity index (χ2v) is 11.5. The van der Waals surface area contributed by atoms with Crippen LogP contribution >= 0.6 is 11.3 Å². The van der Waals surface area contributed by atoms with Gasteiger partial charge in [-0.25, -0.2) is 18.3 Å². The molecule has 0 saturated carbocycles. The van der Waals surface area contributed by atoms with E-state index in [2.05, 4.69) is 23.5 Å². The smallest absolute Gasteiger partial charge is 0.266 e. The normalized spacial score (nSPS) is 13.1. The van der Waals surface area contributed by atoms with Crippen LogP contribution in [0.3, 0.4) is 0 Å². The number of benzene rings is 3. The lowest BCUT2D eigenvalue weighted by molar-refractivity contribution is 0.0926. The number of imide groups is 1. The van der Waals surface area contributed by atoms with Crippen LogP contribution in [0.15, 0.2) is 96.9 Å². The van der Waals surface area contributed by atoms with Gasteiger partial charge in [-0.2, -0.15) is 4.31 Å². The van der Waals surface area contributed by atoms with Crippen LogP contribution in [0.5, 0.6) is 0 Å². The molecule has 0 atom stereocenters. The third kappa shape index (κ3) is 4.67. The Kier molecular flexibility index (Phi) is 6.96. The summed E-state index contributed by atoms with van der Waals surface area (Å²) in [5.74, 6) is -1.59. The lowest BCUT2D eigenvalue weighted by Gasteiger charge is -2.18. The van der Waals surface area contributed by atoms with Crippen molar-refractivity contribution in [3.05, 3.63) is 109 Å². The van der Waals surface area contributed by atoms with Gasteiger partial charge in [0, 0.05) is 13.1 Å². The number of fused-ring (bicyclic) bond motifs is 2. The molecule has 11 heteroatoms. The summed E-state index contributed by atoms with van der Waals surface area (Å²) >= 11 is 1.10.